The van der Waals surface area contributed by atoms with E-state index >= 15 is 0 Å². The number of nitrogens with one attached hydrogen (secondary N) is 1. The van der Waals surface area contributed by atoms with Crippen molar-refractivity contribution in [2.24, 2.45) is 5.92 Å². The van der Waals surface area contributed by atoms with Gasteiger partial charge in [0.25, 0.3) is 0 Å². The first-order valence-corrected chi connectivity index (χ1v) is 7.12. The largest absolute Gasteiger partial charge is 0.320 e. The smallest absolute Gasteiger partial charge is 0.0104 e. The molecular formula is C14H30N2. The Morgan fingerprint density at radius 2 is 1.94 bits per heavy atom. The Morgan fingerprint density at radius 3 is 2.62 bits per heavy atom. The zero-order valence-electron chi connectivity index (χ0n) is 11.5. The highest BCUT2D eigenvalue weighted by molar-refractivity contribution is 4.76. The molecule has 1 aliphatic rings. The minimum Gasteiger partial charge on any atom is -0.320 e. The monoisotopic (exact) mass is 226 g/mol. The number of likely N-dealkylation sites (tertiary alicyclic amines) is 1. The van der Waals surface area contributed by atoms with Crippen LogP contribution in [0.5, 0.6) is 0 Å². The maximum atomic E-state index is 3.28. The molecule has 1 rings (SSSR count). The van der Waals surface area contributed by atoms with Gasteiger partial charge in [-0.2, -0.15) is 0 Å². The standard InChI is InChI=1S/C14H30N2/c1-4-7-13-8-5-6-9-14(10-11-15-2)16(3)12-13/h13-15H,4-12H2,1-3H3/t13?,14-/m0/s1. The number of nitrogens with zero attached hydrogens (tertiary/aromatic N) is 1. The maximum Gasteiger partial charge on any atom is 0.0104 e. The van der Waals surface area contributed by atoms with Crippen LogP contribution in [-0.4, -0.2) is 38.1 Å². The first kappa shape index (κ1) is 14.0. The molecule has 0 aliphatic carbocycles. The van der Waals surface area contributed by atoms with Crippen molar-refractivity contribution < 1.29 is 0 Å². The van der Waals surface area contributed by atoms with Crippen molar-refractivity contribution in [3.63, 3.8) is 0 Å². The normalized spacial score (nSPS) is 28.7. The van der Waals surface area contributed by atoms with Gasteiger partial charge < -0.3 is 10.2 Å². The average Bonchev–Trinajstić information content (AvgIpc) is 2.25. The lowest BCUT2D eigenvalue weighted by Crippen LogP contribution is -2.38. The Hall–Kier alpha value is -0.0800. The molecule has 2 atom stereocenters. The third kappa shape index (κ3) is 4.84. The molecule has 0 amide bonds. The Kier molecular flexibility index (Phi) is 7.06. The highest BCUT2D eigenvalue weighted by Gasteiger charge is 2.20. The van der Waals surface area contributed by atoms with Crippen molar-refractivity contribution >= 4 is 0 Å². The van der Waals surface area contributed by atoms with E-state index in [4.69, 9.17) is 0 Å². The molecule has 1 aliphatic heterocycles. The van der Waals surface area contributed by atoms with Gasteiger partial charge in [0.05, 0.1) is 0 Å². The molecule has 1 saturated heterocycles. The van der Waals surface area contributed by atoms with Gasteiger partial charge in [-0.1, -0.05) is 26.2 Å². The van der Waals surface area contributed by atoms with Crippen molar-refractivity contribution in [3.05, 3.63) is 0 Å². The van der Waals surface area contributed by atoms with Crippen LogP contribution in [0.3, 0.4) is 0 Å². The van der Waals surface area contributed by atoms with E-state index in [2.05, 4.69) is 31.2 Å². The summed E-state index contributed by atoms with van der Waals surface area (Å²) in [6.07, 6.45) is 9.82. The summed E-state index contributed by atoms with van der Waals surface area (Å²) in [6.45, 7) is 4.80. The summed E-state index contributed by atoms with van der Waals surface area (Å²) >= 11 is 0. The molecule has 0 aromatic rings. The lowest BCUT2D eigenvalue weighted by molar-refractivity contribution is 0.157. The van der Waals surface area contributed by atoms with Gasteiger partial charge >= 0.3 is 0 Å². The van der Waals surface area contributed by atoms with Gasteiger partial charge in [-0.15, -0.1) is 0 Å². The van der Waals surface area contributed by atoms with E-state index < -0.39 is 0 Å². The van der Waals surface area contributed by atoms with Gasteiger partial charge in [-0.3, -0.25) is 0 Å². The summed E-state index contributed by atoms with van der Waals surface area (Å²) in [5, 5.41) is 3.28. The molecule has 0 aromatic heterocycles. The summed E-state index contributed by atoms with van der Waals surface area (Å²) < 4.78 is 0. The maximum absolute atomic E-state index is 3.28. The van der Waals surface area contributed by atoms with Crippen LogP contribution in [0.4, 0.5) is 0 Å². The van der Waals surface area contributed by atoms with Gasteiger partial charge in [0.1, 0.15) is 0 Å². The first-order chi connectivity index (χ1) is 7.77. The number of hydrogen-bond acceptors (Lipinski definition) is 2. The molecule has 2 heteroatoms. The third-order valence-corrected chi connectivity index (χ3v) is 3.99. The van der Waals surface area contributed by atoms with Crippen molar-refractivity contribution in [1.82, 2.24) is 10.2 Å². The van der Waals surface area contributed by atoms with Gasteiger partial charge in [-0.05, 0) is 52.2 Å². The Balaban J connectivity index is 2.40. The van der Waals surface area contributed by atoms with Crippen molar-refractivity contribution in [3.8, 4) is 0 Å². The van der Waals surface area contributed by atoms with E-state index in [9.17, 15) is 0 Å². The second-order valence-corrected chi connectivity index (χ2v) is 5.42. The molecular weight excluding hydrogens is 196 g/mol. The molecule has 0 radical (unpaired) electrons. The van der Waals surface area contributed by atoms with Gasteiger partial charge in [0.2, 0.25) is 0 Å². The quantitative estimate of drug-likeness (QED) is 0.775. The molecule has 0 spiro atoms. The zero-order valence-corrected chi connectivity index (χ0v) is 11.5. The van der Waals surface area contributed by atoms with E-state index in [-0.39, 0.29) is 0 Å². The highest BCUT2D eigenvalue weighted by atomic mass is 15.1. The molecule has 96 valence electrons. The van der Waals surface area contributed by atoms with Crippen LogP contribution in [0.2, 0.25) is 0 Å². The SMILES string of the molecule is CCCC1CCCC[C@@H](CCNC)N(C)C1. The minimum atomic E-state index is 0.812. The zero-order chi connectivity index (χ0) is 11.8. The van der Waals surface area contributed by atoms with Gasteiger partial charge in [-0.25, -0.2) is 0 Å². The Labute approximate surface area is 102 Å². The molecule has 0 aromatic carbocycles. The second-order valence-electron chi connectivity index (χ2n) is 5.42. The van der Waals surface area contributed by atoms with Crippen LogP contribution < -0.4 is 5.32 Å². The molecule has 2 nitrogen and oxygen atoms in total. The average molecular weight is 226 g/mol. The fourth-order valence-corrected chi connectivity index (χ4v) is 3.00. The fraction of sp³-hybridized carbons (Fsp3) is 1.00. The summed E-state index contributed by atoms with van der Waals surface area (Å²) in [4.78, 5) is 2.62. The van der Waals surface area contributed by atoms with Crippen LogP contribution >= 0.6 is 0 Å². The highest BCUT2D eigenvalue weighted by Crippen LogP contribution is 2.23. The van der Waals surface area contributed by atoms with E-state index in [1.165, 1.54) is 51.5 Å². The van der Waals surface area contributed by atoms with Gasteiger partial charge in [0.15, 0.2) is 0 Å². The summed E-state index contributed by atoms with van der Waals surface area (Å²) in [6, 6.07) is 0.812. The summed E-state index contributed by atoms with van der Waals surface area (Å²) in [5.41, 5.74) is 0. The molecule has 1 heterocycles. The lowest BCUT2D eigenvalue weighted by Gasteiger charge is -2.34. The Morgan fingerprint density at radius 1 is 1.19 bits per heavy atom. The first-order valence-electron chi connectivity index (χ1n) is 7.12. The minimum absolute atomic E-state index is 0.812. The van der Waals surface area contributed by atoms with Crippen LogP contribution in [-0.2, 0) is 0 Å². The molecule has 0 saturated carbocycles. The van der Waals surface area contributed by atoms with Crippen LogP contribution in [0.25, 0.3) is 0 Å². The molecule has 1 N–H and O–H groups in total. The van der Waals surface area contributed by atoms with E-state index in [0.29, 0.717) is 0 Å². The molecule has 16 heavy (non-hydrogen) atoms. The van der Waals surface area contributed by atoms with Crippen LogP contribution in [0.15, 0.2) is 0 Å². The summed E-state index contributed by atoms with van der Waals surface area (Å²) in [7, 11) is 4.39. The van der Waals surface area contributed by atoms with Crippen LogP contribution in [0.1, 0.15) is 51.9 Å². The van der Waals surface area contributed by atoms with Gasteiger partial charge in [0, 0.05) is 12.6 Å². The van der Waals surface area contributed by atoms with Crippen LogP contribution in [0, 0.1) is 5.92 Å². The Bertz CT molecular complexity index is 168. The van der Waals surface area contributed by atoms with E-state index in [1.54, 1.807) is 0 Å². The molecule has 0 bridgehead atoms. The summed E-state index contributed by atoms with van der Waals surface area (Å²) in [5.74, 6) is 0.951. The molecule has 1 unspecified atom stereocenters. The van der Waals surface area contributed by atoms with Crippen molar-refractivity contribution in [1.29, 1.82) is 0 Å². The third-order valence-electron chi connectivity index (χ3n) is 3.99. The van der Waals surface area contributed by atoms with E-state index in [0.717, 1.165) is 18.5 Å². The van der Waals surface area contributed by atoms with Crippen molar-refractivity contribution in [2.45, 2.75) is 57.9 Å². The predicted octanol–water partition coefficient (Wildman–Crippen LogP) is 2.89. The van der Waals surface area contributed by atoms with Crippen molar-refractivity contribution in [2.75, 3.05) is 27.2 Å². The number of hydrogen-bond donors (Lipinski definition) is 1. The van der Waals surface area contributed by atoms with E-state index in [1.807, 2.05) is 0 Å². The molecule has 1 fully saturated rings. The number of rotatable bonds is 5. The second kappa shape index (κ2) is 8.08. The topological polar surface area (TPSA) is 15.3 Å². The lowest BCUT2D eigenvalue weighted by atomic mass is 9.91. The predicted molar refractivity (Wildman–Crippen MR) is 71.8 cm³/mol. The fourth-order valence-electron chi connectivity index (χ4n) is 3.00.